The van der Waals surface area contributed by atoms with Crippen molar-refractivity contribution in [2.24, 2.45) is 0 Å². The summed E-state index contributed by atoms with van der Waals surface area (Å²) in [4.78, 5) is 0. The minimum absolute atomic E-state index is 0.269. The number of aryl methyl sites for hydroxylation is 1. The van der Waals surface area contributed by atoms with Crippen LogP contribution in [0.25, 0.3) is 0 Å². The fourth-order valence-electron chi connectivity index (χ4n) is 2.39. The zero-order chi connectivity index (χ0) is 14.7. The molecule has 0 unspecified atom stereocenters. The lowest BCUT2D eigenvalue weighted by Crippen LogP contribution is -2.21. The Kier molecular flexibility index (Phi) is 4.36. The van der Waals surface area contributed by atoms with E-state index >= 15 is 0 Å². The summed E-state index contributed by atoms with van der Waals surface area (Å²) in [6.45, 7) is 6.11. The van der Waals surface area contributed by atoms with E-state index in [4.69, 9.17) is 9.47 Å². The topological polar surface area (TPSA) is 56.3 Å². The predicted octanol–water partition coefficient (Wildman–Crippen LogP) is 2.86. The van der Waals surface area contributed by atoms with Gasteiger partial charge in [-0.1, -0.05) is 13.0 Å². The summed E-state index contributed by atoms with van der Waals surface area (Å²) < 4.78 is 11.2. The standard InChI is InChI=1S/C15H19N3O2S/c1-3-12(16-9-15-18-17-10(2)21-15)11-4-5-13-14(8-11)20-7-6-19-13/h4-5,8,12,16H,3,6-7,9H2,1-2H3/t12-/m0/s1. The highest BCUT2D eigenvalue weighted by Crippen LogP contribution is 2.33. The van der Waals surface area contributed by atoms with Crippen LogP contribution in [-0.4, -0.2) is 23.4 Å². The maximum Gasteiger partial charge on any atom is 0.161 e. The van der Waals surface area contributed by atoms with E-state index in [0.717, 1.165) is 34.5 Å². The molecular weight excluding hydrogens is 286 g/mol. The molecule has 0 radical (unpaired) electrons. The average Bonchev–Trinajstić information content (AvgIpc) is 2.93. The number of benzene rings is 1. The van der Waals surface area contributed by atoms with Crippen molar-refractivity contribution in [3.8, 4) is 11.5 Å². The molecule has 1 N–H and O–H groups in total. The largest absolute Gasteiger partial charge is 0.486 e. The summed E-state index contributed by atoms with van der Waals surface area (Å²) in [5.41, 5.74) is 1.21. The first kappa shape index (κ1) is 14.3. The fraction of sp³-hybridized carbons (Fsp3) is 0.467. The second-order valence-corrected chi connectivity index (χ2v) is 6.23. The van der Waals surface area contributed by atoms with Gasteiger partial charge in [0.25, 0.3) is 0 Å². The summed E-state index contributed by atoms with van der Waals surface area (Å²) in [6.07, 6.45) is 0.997. The van der Waals surface area contributed by atoms with Crippen molar-refractivity contribution in [2.45, 2.75) is 32.9 Å². The lowest BCUT2D eigenvalue weighted by molar-refractivity contribution is 0.171. The van der Waals surface area contributed by atoms with Crippen molar-refractivity contribution in [1.29, 1.82) is 0 Å². The molecule has 0 fully saturated rings. The number of nitrogens with zero attached hydrogens (tertiary/aromatic N) is 2. The maximum absolute atomic E-state index is 5.65. The zero-order valence-corrected chi connectivity index (χ0v) is 13.1. The Hall–Kier alpha value is -1.66. The van der Waals surface area contributed by atoms with Gasteiger partial charge < -0.3 is 14.8 Å². The van der Waals surface area contributed by atoms with Crippen LogP contribution in [0.3, 0.4) is 0 Å². The smallest absolute Gasteiger partial charge is 0.161 e. The number of hydrogen-bond acceptors (Lipinski definition) is 6. The SMILES string of the molecule is CC[C@H](NCc1nnc(C)s1)c1ccc2c(c1)OCCO2. The van der Waals surface area contributed by atoms with E-state index in [2.05, 4.69) is 34.6 Å². The van der Waals surface area contributed by atoms with Crippen LogP contribution in [0.1, 0.15) is 35.0 Å². The van der Waals surface area contributed by atoms with Crippen LogP contribution in [0.15, 0.2) is 18.2 Å². The third kappa shape index (κ3) is 3.33. The van der Waals surface area contributed by atoms with Crippen molar-refractivity contribution < 1.29 is 9.47 Å². The third-order valence-corrected chi connectivity index (χ3v) is 4.28. The van der Waals surface area contributed by atoms with Crippen LogP contribution in [0.5, 0.6) is 11.5 Å². The number of fused-ring (bicyclic) bond motifs is 1. The molecule has 5 nitrogen and oxygen atoms in total. The number of rotatable bonds is 5. The molecule has 0 bridgehead atoms. The molecule has 3 rings (SSSR count). The van der Waals surface area contributed by atoms with Gasteiger partial charge in [0.15, 0.2) is 11.5 Å². The molecule has 0 spiro atoms. The van der Waals surface area contributed by atoms with Crippen molar-refractivity contribution in [1.82, 2.24) is 15.5 Å². The van der Waals surface area contributed by atoms with Gasteiger partial charge in [-0.25, -0.2) is 0 Å². The molecule has 1 aliphatic rings. The summed E-state index contributed by atoms with van der Waals surface area (Å²) in [7, 11) is 0. The molecule has 2 heterocycles. The summed E-state index contributed by atoms with van der Waals surface area (Å²) in [5.74, 6) is 1.67. The zero-order valence-electron chi connectivity index (χ0n) is 12.3. The number of hydrogen-bond donors (Lipinski definition) is 1. The first-order valence-electron chi connectivity index (χ1n) is 7.18. The molecule has 1 aromatic carbocycles. The predicted molar refractivity (Wildman–Crippen MR) is 81.9 cm³/mol. The number of ether oxygens (including phenoxy) is 2. The van der Waals surface area contributed by atoms with E-state index in [0.29, 0.717) is 13.2 Å². The minimum Gasteiger partial charge on any atom is -0.486 e. The van der Waals surface area contributed by atoms with Crippen LogP contribution >= 0.6 is 11.3 Å². The Morgan fingerprint density at radius 2 is 2.05 bits per heavy atom. The van der Waals surface area contributed by atoms with E-state index in [-0.39, 0.29) is 6.04 Å². The van der Waals surface area contributed by atoms with Gasteiger partial charge in [-0.2, -0.15) is 0 Å². The van der Waals surface area contributed by atoms with Crippen molar-refractivity contribution in [2.75, 3.05) is 13.2 Å². The van der Waals surface area contributed by atoms with Crippen LogP contribution in [0.4, 0.5) is 0 Å². The Bertz CT molecular complexity index is 615. The molecule has 0 saturated heterocycles. The molecule has 21 heavy (non-hydrogen) atoms. The van der Waals surface area contributed by atoms with Gasteiger partial charge in [-0.3, -0.25) is 0 Å². The molecule has 2 aromatic rings. The van der Waals surface area contributed by atoms with Crippen molar-refractivity contribution in [3.05, 3.63) is 33.8 Å². The van der Waals surface area contributed by atoms with Crippen LogP contribution in [-0.2, 0) is 6.54 Å². The third-order valence-electron chi connectivity index (χ3n) is 3.44. The van der Waals surface area contributed by atoms with Crippen LogP contribution < -0.4 is 14.8 Å². The van der Waals surface area contributed by atoms with E-state index in [1.807, 2.05) is 13.0 Å². The Morgan fingerprint density at radius 3 is 2.76 bits per heavy atom. The Balaban J connectivity index is 1.70. The molecule has 0 aliphatic carbocycles. The normalized spacial score (nSPS) is 15.0. The highest BCUT2D eigenvalue weighted by molar-refractivity contribution is 7.11. The van der Waals surface area contributed by atoms with E-state index in [1.165, 1.54) is 5.56 Å². The molecule has 0 amide bonds. The van der Waals surface area contributed by atoms with Gasteiger partial charge in [0, 0.05) is 6.04 Å². The quantitative estimate of drug-likeness (QED) is 0.920. The van der Waals surface area contributed by atoms with E-state index in [9.17, 15) is 0 Å². The van der Waals surface area contributed by atoms with Gasteiger partial charge >= 0.3 is 0 Å². The fourth-order valence-corrected chi connectivity index (χ4v) is 3.05. The molecular formula is C15H19N3O2S. The summed E-state index contributed by atoms with van der Waals surface area (Å²) >= 11 is 1.63. The average molecular weight is 305 g/mol. The molecule has 6 heteroatoms. The Morgan fingerprint density at radius 1 is 1.24 bits per heavy atom. The molecule has 112 valence electrons. The summed E-state index contributed by atoms with van der Waals surface area (Å²) in [5, 5.41) is 13.7. The van der Waals surface area contributed by atoms with Crippen molar-refractivity contribution in [3.63, 3.8) is 0 Å². The number of nitrogens with one attached hydrogen (secondary N) is 1. The molecule has 0 saturated carbocycles. The first-order chi connectivity index (χ1) is 10.3. The first-order valence-corrected chi connectivity index (χ1v) is 8.00. The molecule has 1 aromatic heterocycles. The molecule has 1 aliphatic heterocycles. The monoisotopic (exact) mass is 305 g/mol. The highest BCUT2D eigenvalue weighted by Gasteiger charge is 2.16. The molecule has 1 atom stereocenters. The Labute approximate surface area is 128 Å². The van der Waals surface area contributed by atoms with E-state index in [1.54, 1.807) is 11.3 Å². The summed E-state index contributed by atoms with van der Waals surface area (Å²) in [6, 6.07) is 6.43. The second kappa shape index (κ2) is 6.41. The lowest BCUT2D eigenvalue weighted by Gasteiger charge is -2.22. The maximum atomic E-state index is 5.65. The van der Waals surface area contributed by atoms with Crippen LogP contribution in [0, 0.1) is 6.92 Å². The second-order valence-electron chi connectivity index (χ2n) is 4.96. The van der Waals surface area contributed by atoms with Crippen molar-refractivity contribution >= 4 is 11.3 Å². The highest BCUT2D eigenvalue weighted by atomic mass is 32.1. The van der Waals surface area contributed by atoms with E-state index < -0.39 is 0 Å². The number of aromatic nitrogens is 2. The minimum atomic E-state index is 0.269. The van der Waals surface area contributed by atoms with Gasteiger partial charge in [0.1, 0.15) is 23.2 Å². The van der Waals surface area contributed by atoms with Gasteiger partial charge in [-0.05, 0) is 31.0 Å². The van der Waals surface area contributed by atoms with Gasteiger partial charge in [0.2, 0.25) is 0 Å². The van der Waals surface area contributed by atoms with Gasteiger partial charge in [-0.15, -0.1) is 21.5 Å². The van der Waals surface area contributed by atoms with Gasteiger partial charge in [0.05, 0.1) is 6.54 Å². The van der Waals surface area contributed by atoms with Crippen LogP contribution in [0.2, 0.25) is 0 Å². The lowest BCUT2D eigenvalue weighted by atomic mass is 10.0.